The fraction of sp³-hybridized carbons (Fsp3) is 0.350. The molecule has 138 valence electrons. The summed E-state index contributed by atoms with van der Waals surface area (Å²) < 4.78 is 10.1. The number of aromatic nitrogens is 1. The van der Waals surface area contributed by atoms with Gasteiger partial charge in [-0.05, 0) is 34.7 Å². The van der Waals surface area contributed by atoms with Crippen LogP contribution in [0, 0.1) is 0 Å². The molecule has 0 aliphatic carbocycles. The Bertz CT molecular complexity index is 810. The minimum atomic E-state index is -0.552. The van der Waals surface area contributed by atoms with Crippen molar-refractivity contribution >= 4 is 17.6 Å². The van der Waals surface area contributed by atoms with Crippen molar-refractivity contribution in [3.05, 3.63) is 53.3 Å². The van der Waals surface area contributed by atoms with Crippen molar-refractivity contribution in [2.75, 3.05) is 19.5 Å². The molecule has 0 aliphatic rings. The van der Waals surface area contributed by atoms with Gasteiger partial charge in [0, 0.05) is 11.9 Å². The molecule has 26 heavy (non-hydrogen) atoms. The number of nitrogens with one attached hydrogen (secondary N) is 1. The zero-order valence-corrected chi connectivity index (χ0v) is 15.8. The predicted molar refractivity (Wildman–Crippen MR) is 99.6 cm³/mol. The minimum Gasteiger partial charge on any atom is -0.496 e. The van der Waals surface area contributed by atoms with Crippen LogP contribution in [0.5, 0.6) is 5.75 Å². The van der Waals surface area contributed by atoms with E-state index >= 15 is 0 Å². The summed E-state index contributed by atoms with van der Waals surface area (Å²) in [7, 11) is 2.91. The number of ether oxygens (including phenoxy) is 2. The van der Waals surface area contributed by atoms with E-state index in [0.717, 1.165) is 16.9 Å². The summed E-state index contributed by atoms with van der Waals surface area (Å²) in [5, 5.41) is 2.76. The topological polar surface area (TPSA) is 77.5 Å². The third-order valence-corrected chi connectivity index (χ3v) is 3.88. The summed E-state index contributed by atoms with van der Waals surface area (Å²) >= 11 is 0. The highest BCUT2D eigenvalue weighted by molar-refractivity contribution is 5.94. The molecule has 1 amide bonds. The molecule has 0 fully saturated rings. The fourth-order valence-corrected chi connectivity index (χ4v) is 2.58. The normalized spacial score (nSPS) is 11.0. The second-order valence-electron chi connectivity index (χ2n) is 6.93. The van der Waals surface area contributed by atoms with Crippen molar-refractivity contribution < 1.29 is 19.1 Å². The first-order chi connectivity index (χ1) is 12.2. The summed E-state index contributed by atoms with van der Waals surface area (Å²) in [5.74, 6) is 0.0147. The van der Waals surface area contributed by atoms with Gasteiger partial charge in [0.25, 0.3) is 0 Å². The van der Waals surface area contributed by atoms with Crippen molar-refractivity contribution in [1.82, 2.24) is 4.98 Å². The lowest BCUT2D eigenvalue weighted by Crippen LogP contribution is -2.16. The Morgan fingerprint density at radius 2 is 1.85 bits per heavy atom. The van der Waals surface area contributed by atoms with E-state index in [2.05, 4.69) is 35.8 Å². The Hall–Kier alpha value is -2.89. The van der Waals surface area contributed by atoms with Gasteiger partial charge in [0.1, 0.15) is 11.4 Å². The lowest BCUT2D eigenvalue weighted by atomic mass is 9.85. The maximum Gasteiger partial charge on any atom is 0.356 e. The van der Waals surface area contributed by atoms with Crippen LogP contribution in [-0.2, 0) is 21.4 Å². The average molecular weight is 356 g/mol. The molecule has 2 aromatic rings. The lowest BCUT2D eigenvalue weighted by molar-refractivity contribution is -0.115. The van der Waals surface area contributed by atoms with Crippen molar-refractivity contribution in [1.29, 1.82) is 0 Å². The zero-order valence-electron chi connectivity index (χ0n) is 15.8. The van der Waals surface area contributed by atoms with E-state index in [1.807, 2.05) is 18.2 Å². The first kappa shape index (κ1) is 19.4. The number of rotatable bonds is 5. The van der Waals surface area contributed by atoms with Crippen LogP contribution >= 0.6 is 0 Å². The highest BCUT2D eigenvalue weighted by Crippen LogP contribution is 2.32. The molecule has 0 saturated carbocycles. The van der Waals surface area contributed by atoms with Crippen LogP contribution in [0.25, 0.3) is 0 Å². The number of amides is 1. The molecule has 0 radical (unpaired) electrons. The van der Waals surface area contributed by atoms with E-state index in [9.17, 15) is 9.59 Å². The average Bonchev–Trinajstić information content (AvgIpc) is 2.60. The molecule has 1 N–H and O–H groups in total. The van der Waals surface area contributed by atoms with E-state index in [4.69, 9.17) is 4.74 Å². The molecule has 1 heterocycles. The second-order valence-corrected chi connectivity index (χ2v) is 6.93. The highest BCUT2D eigenvalue weighted by atomic mass is 16.5. The molecular formula is C20H24N2O4. The number of pyridine rings is 1. The van der Waals surface area contributed by atoms with Crippen LogP contribution in [-0.4, -0.2) is 31.1 Å². The molecule has 0 atom stereocenters. The molecule has 0 saturated heterocycles. The fourth-order valence-electron chi connectivity index (χ4n) is 2.58. The van der Waals surface area contributed by atoms with Gasteiger partial charge in [0.05, 0.1) is 20.6 Å². The quantitative estimate of drug-likeness (QED) is 0.831. The first-order valence-corrected chi connectivity index (χ1v) is 8.26. The number of anilines is 1. The van der Waals surface area contributed by atoms with Gasteiger partial charge in [-0.25, -0.2) is 9.78 Å². The SMILES string of the molecule is COC(=O)c1cc(NC(=O)Cc2ccc(C(C)(C)C)c(OC)c2)ccn1. The maximum atomic E-state index is 12.3. The Balaban J connectivity index is 2.12. The number of esters is 1. The van der Waals surface area contributed by atoms with Crippen LogP contribution < -0.4 is 10.1 Å². The van der Waals surface area contributed by atoms with Crippen LogP contribution in [0.4, 0.5) is 5.69 Å². The summed E-state index contributed by atoms with van der Waals surface area (Å²) in [6, 6.07) is 8.89. The first-order valence-electron chi connectivity index (χ1n) is 8.26. The number of hydrogen-bond donors (Lipinski definition) is 1. The molecule has 0 unspecified atom stereocenters. The molecule has 6 heteroatoms. The minimum absolute atomic E-state index is 0.0482. The van der Waals surface area contributed by atoms with Crippen LogP contribution in [0.3, 0.4) is 0 Å². The lowest BCUT2D eigenvalue weighted by Gasteiger charge is -2.22. The Morgan fingerprint density at radius 3 is 2.46 bits per heavy atom. The van der Waals surface area contributed by atoms with E-state index in [-0.39, 0.29) is 23.4 Å². The Morgan fingerprint density at radius 1 is 1.12 bits per heavy atom. The van der Waals surface area contributed by atoms with Gasteiger partial charge in [-0.15, -0.1) is 0 Å². The molecule has 0 spiro atoms. The third kappa shape index (κ3) is 4.81. The van der Waals surface area contributed by atoms with Crippen molar-refractivity contribution in [3.63, 3.8) is 0 Å². The van der Waals surface area contributed by atoms with Crippen LogP contribution in [0.15, 0.2) is 36.5 Å². The molecule has 6 nitrogen and oxygen atoms in total. The number of carbonyl (C=O) groups excluding carboxylic acids is 2. The van der Waals surface area contributed by atoms with Gasteiger partial charge in [0.15, 0.2) is 0 Å². The largest absolute Gasteiger partial charge is 0.496 e. The number of nitrogens with zero attached hydrogens (tertiary/aromatic N) is 1. The standard InChI is InChI=1S/C20H24N2O4/c1-20(2,3)15-7-6-13(10-17(15)25-4)11-18(23)22-14-8-9-21-16(12-14)19(24)26-5/h6-10,12H,11H2,1-5H3,(H,21,22,23). The van der Waals surface area contributed by atoms with Gasteiger partial charge in [-0.3, -0.25) is 4.79 Å². The zero-order chi connectivity index (χ0) is 19.3. The molecule has 0 aliphatic heterocycles. The van der Waals surface area contributed by atoms with Gasteiger partial charge in [-0.1, -0.05) is 32.9 Å². The van der Waals surface area contributed by atoms with E-state index < -0.39 is 5.97 Å². The van der Waals surface area contributed by atoms with Crippen LogP contribution in [0.2, 0.25) is 0 Å². The predicted octanol–water partition coefficient (Wildman–Crippen LogP) is 3.36. The molecule has 1 aromatic heterocycles. The smallest absolute Gasteiger partial charge is 0.356 e. The van der Waals surface area contributed by atoms with Crippen molar-refractivity contribution in [2.45, 2.75) is 32.6 Å². The summed E-state index contributed by atoms with van der Waals surface area (Å²) in [6.07, 6.45) is 1.64. The van der Waals surface area contributed by atoms with Gasteiger partial charge < -0.3 is 14.8 Å². The summed E-state index contributed by atoms with van der Waals surface area (Å²) in [5.41, 5.74) is 2.51. The van der Waals surface area contributed by atoms with E-state index in [1.54, 1.807) is 13.2 Å². The van der Waals surface area contributed by atoms with Gasteiger partial charge >= 0.3 is 5.97 Å². The van der Waals surface area contributed by atoms with Crippen molar-refractivity contribution in [3.8, 4) is 5.75 Å². The van der Waals surface area contributed by atoms with Gasteiger partial charge in [-0.2, -0.15) is 0 Å². The molecule has 0 bridgehead atoms. The maximum absolute atomic E-state index is 12.3. The summed E-state index contributed by atoms with van der Waals surface area (Å²) in [6.45, 7) is 6.33. The van der Waals surface area contributed by atoms with Crippen molar-refractivity contribution in [2.24, 2.45) is 0 Å². The molecule has 2 rings (SSSR count). The number of carbonyl (C=O) groups is 2. The van der Waals surface area contributed by atoms with E-state index in [1.165, 1.54) is 19.4 Å². The third-order valence-electron chi connectivity index (χ3n) is 3.88. The Labute approximate surface area is 153 Å². The number of benzene rings is 1. The van der Waals surface area contributed by atoms with Crippen LogP contribution in [0.1, 0.15) is 42.4 Å². The number of methoxy groups -OCH3 is 2. The second kappa shape index (κ2) is 7.99. The molecular weight excluding hydrogens is 332 g/mol. The number of hydrogen-bond acceptors (Lipinski definition) is 5. The monoisotopic (exact) mass is 356 g/mol. The summed E-state index contributed by atoms with van der Waals surface area (Å²) in [4.78, 5) is 27.8. The van der Waals surface area contributed by atoms with Gasteiger partial charge in [0.2, 0.25) is 5.91 Å². The van der Waals surface area contributed by atoms with E-state index in [0.29, 0.717) is 5.69 Å². The molecule has 1 aromatic carbocycles. The highest BCUT2D eigenvalue weighted by Gasteiger charge is 2.19. The Kier molecular flexibility index (Phi) is 5.97.